The number of aryl methyl sites for hydroxylation is 1. The van der Waals surface area contributed by atoms with Crippen LogP contribution in [0.25, 0.3) is 22.2 Å². The quantitative estimate of drug-likeness (QED) is 0.440. The van der Waals surface area contributed by atoms with Gasteiger partial charge >= 0.3 is 0 Å². The number of sulfonamides is 1. The van der Waals surface area contributed by atoms with Gasteiger partial charge in [-0.1, -0.05) is 12.1 Å². The molecule has 32 heavy (non-hydrogen) atoms. The van der Waals surface area contributed by atoms with Gasteiger partial charge in [-0.25, -0.2) is 13.4 Å². The van der Waals surface area contributed by atoms with E-state index >= 15 is 0 Å². The maximum absolute atomic E-state index is 11.5. The lowest BCUT2D eigenvalue weighted by atomic mass is 10.1. The molecule has 0 aliphatic heterocycles. The van der Waals surface area contributed by atoms with Crippen molar-refractivity contribution in [3.8, 4) is 23.1 Å². The van der Waals surface area contributed by atoms with Crippen LogP contribution < -0.4 is 9.46 Å². The van der Waals surface area contributed by atoms with E-state index in [9.17, 15) is 13.7 Å². The lowest BCUT2D eigenvalue weighted by molar-refractivity contribution is 0.298. The molecule has 0 saturated heterocycles. The summed E-state index contributed by atoms with van der Waals surface area (Å²) in [7, 11) is -3.35. The van der Waals surface area contributed by atoms with Gasteiger partial charge in [0, 0.05) is 36.1 Å². The summed E-state index contributed by atoms with van der Waals surface area (Å²) in [6, 6.07) is 15.1. The van der Waals surface area contributed by atoms with Gasteiger partial charge in [0.1, 0.15) is 18.4 Å². The number of nitrogens with one attached hydrogen (secondary N) is 1. The third-order valence-electron chi connectivity index (χ3n) is 5.10. The van der Waals surface area contributed by atoms with E-state index in [-0.39, 0.29) is 0 Å². The molecule has 2 heterocycles. The number of anilines is 1. The number of ether oxygens (including phenoxy) is 1. The van der Waals surface area contributed by atoms with E-state index in [0.29, 0.717) is 30.9 Å². The summed E-state index contributed by atoms with van der Waals surface area (Å²) in [4.78, 5) is 4.02. The Balaban J connectivity index is 1.68. The van der Waals surface area contributed by atoms with Crippen molar-refractivity contribution in [1.29, 1.82) is 5.26 Å². The van der Waals surface area contributed by atoms with E-state index in [1.807, 2.05) is 48.0 Å². The largest absolute Gasteiger partial charge is 0.492 e. The molecule has 8 nitrogen and oxygen atoms in total. The normalized spacial score (nSPS) is 11.4. The molecule has 0 radical (unpaired) electrons. The number of aromatic nitrogens is 3. The third kappa shape index (κ3) is 4.45. The van der Waals surface area contributed by atoms with E-state index in [4.69, 9.17) is 4.74 Å². The molecule has 4 rings (SSSR count). The Bertz CT molecular complexity index is 1380. The Hall–Kier alpha value is -3.77. The number of fused-ring (bicyclic) bond motifs is 1. The average molecular weight is 450 g/mol. The Labute approximate surface area is 186 Å². The van der Waals surface area contributed by atoms with Crippen LogP contribution in [0.5, 0.6) is 5.75 Å². The fourth-order valence-corrected chi connectivity index (χ4v) is 4.32. The molecule has 0 fully saturated rings. The highest BCUT2D eigenvalue weighted by atomic mass is 32.2. The van der Waals surface area contributed by atoms with Gasteiger partial charge in [-0.05, 0) is 36.8 Å². The SMILES string of the molecule is CCn1c(-c2ccc(NS(C)(=O)=O)cc2)c(C#N)c2ccc(OCCn3ccnc3)cc21. The number of hydrogen-bond acceptors (Lipinski definition) is 5. The van der Waals surface area contributed by atoms with Gasteiger partial charge in [0.2, 0.25) is 10.0 Å². The van der Waals surface area contributed by atoms with Crippen LogP contribution in [0.3, 0.4) is 0 Å². The van der Waals surface area contributed by atoms with Crippen molar-refractivity contribution >= 4 is 26.6 Å². The Morgan fingerprint density at radius 3 is 2.59 bits per heavy atom. The fraction of sp³-hybridized carbons (Fsp3) is 0.217. The molecule has 0 amide bonds. The minimum Gasteiger partial charge on any atom is -0.492 e. The first-order valence-electron chi connectivity index (χ1n) is 10.1. The number of nitrogens with zero attached hydrogens (tertiary/aromatic N) is 4. The van der Waals surface area contributed by atoms with Crippen molar-refractivity contribution in [2.24, 2.45) is 0 Å². The molecule has 0 bridgehead atoms. The van der Waals surface area contributed by atoms with Crippen LogP contribution in [0.2, 0.25) is 0 Å². The smallest absolute Gasteiger partial charge is 0.229 e. The van der Waals surface area contributed by atoms with Crippen molar-refractivity contribution in [3.05, 3.63) is 66.7 Å². The molecule has 1 N–H and O–H groups in total. The topological polar surface area (TPSA) is 102 Å². The summed E-state index contributed by atoms with van der Waals surface area (Å²) in [6.07, 6.45) is 6.47. The van der Waals surface area contributed by atoms with E-state index in [0.717, 1.165) is 34.2 Å². The summed E-state index contributed by atoms with van der Waals surface area (Å²) < 4.78 is 35.4. The lowest BCUT2D eigenvalue weighted by Gasteiger charge is -2.11. The Morgan fingerprint density at radius 1 is 1.19 bits per heavy atom. The fourth-order valence-electron chi connectivity index (χ4n) is 3.76. The molecule has 2 aromatic carbocycles. The minimum absolute atomic E-state index is 0.475. The van der Waals surface area contributed by atoms with Gasteiger partial charge < -0.3 is 13.9 Å². The van der Waals surface area contributed by atoms with Crippen molar-refractivity contribution in [1.82, 2.24) is 14.1 Å². The summed E-state index contributed by atoms with van der Waals surface area (Å²) in [6.45, 7) is 3.88. The predicted molar refractivity (Wildman–Crippen MR) is 124 cm³/mol. The van der Waals surface area contributed by atoms with Crippen LogP contribution >= 0.6 is 0 Å². The number of rotatable bonds is 8. The highest BCUT2D eigenvalue weighted by Gasteiger charge is 2.18. The van der Waals surface area contributed by atoms with Crippen molar-refractivity contribution in [2.75, 3.05) is 17.6 Å². The van der Waals surface area contributed by atoms with Gasteiger partial charge in [0.05, 0.1) is 35.9 Å². The van der Waals surface area contributed by atoms with E-state index in [2.05, 4.69) is 20.3 Å². The molecule has 4 aromatic rings. The molecular weight excluding hydrogens is 426 g/mol. The Morgan fingerprint density at radius 2 is 1.97 bits per heavy atom. The Kier molecular flexibility index (Phi) is 5.88. The highest BCUT2D eigenvalue weighted by molar-refractivity contribution is 7.92. The molecule has 9 heteroatoms. The lowest BCUT2D eigenvalue weighted by Crippen LogP contribution is -2.09. The zero-order valence-corrected chi connectivity index (χ0v) is 18.6. The summed E-state index contributed by atoms with van der Waals surface area (Å²) in [5, 5.41) is 10.8. The summed E-state index contributed by atoms with van der Waals surface area (Å²) >= 11 is 0. The van der Waals surface area contributed by atoms with Crippen molar-refractivity contribution in [3.63, 3.8) is 0 Å². The third-order valence-corrected chi connectivity index (χ3v) is 5.71. The first-order chi connectivity index (χ1) is 15.4. The van der Waals surface area contributed by atoms with Crippen LogP contribution in [0.15, 0.2) is 61.2 Å². The first-order valence-corrected chi connectivity index (χ1v) is 12.0. The molecule has 0 aliphatic carbocycles. The van der Waals surface area contributed by atoms with Crippen LogP contribution in [0.4, 0.5) is 5.69 Å². The van der Waals surface area contributed by atoms with Gasteiger partial charge in [0.25, 0.3) is 0 Å². The average Bonchev–Trinajstić information content (AvgIpc) is 3.38. The molecular formula is C23H23N5O3S. The zero-order chi connectivity index (χ0) is 22.7. The zero-order valence-electron chi connectivity index (χ0n) is 17.8. The molecule has 0 atom stereocenters. The van der Waals surface area contributed by atoms with E-state index in [1.165, 1.54) is 0 Å². The summed E-state index contributed by atoms with van der Waals surface area (Å²) in [5.41, 5.74) is 3.60. The molecule has 0 aliphatic rings. The molecule has 0 saturated carbocycles. The standard InChI is InChI=1S/C23H23N5O3S/c1-3-28-22-14-19(31-13-12-27-11-10-25-16-27)8-9-20(22)21(15-24)23(28)17-4-6-18(7-5-17)26-32(2,29)30/h4-11,14,16,26H,3,12-13H2,1-2H3. The highest BCUT2D eigenvalue weighted by Crippen LogP contribution is 2.35. The van der Waals surface area contributed by atoms with Gasteiger partial charge in [0.15, 0.2) is 0 Å². The number of benzene rings is 2. The first kappa shape index (κ1) is 21.5. The van der Waals surface area contributed by atoms with Gasteiger partial charge in [-0.3, -0.25) is 4.72 Å². The van der Waals surface area contributed by atoms with Crippen molar-refractivity contribution < 1.29 is 13.2 Å². The molecule has 0 unspecified atom stereocenters. The minimum atomic E-state index is -3.35. The van der Waals surface area contributed by atoms with Crippen LogP contribution in [-0.4, -0.2) is 35.4 Å². The van der Waals surface area contributed by atoms with Crippen LogP contribution in [0.1, 0.15) is 12.5 Å². The van der Waals surface area contributed by atoms with Crippen LogP contribution in [0, 0.1) is 11.3 Å². The van der Waals surface area contributed by atoms with E-state index < -0.39 is 10.0 Å². The number of imidazole rings is 1. The number of hydrogen-bond donors (Lipinski definition) is 1. The molecule has 0 spiro atoms. The second kappa shape index (κ2) is 8.77. The van der Waals surface area contributed by atoms with Gasteiger partial charge in [-0.2, -0.15) is 5.26 Å². The van der Waals surface area contributed by atoms with Gasteiger partial charge in [-0.15, -0.1) is 0 Å². The molecule has 2 aromatic heterocycles. The predicted octanol–water partition coefficient (Wildman–Crippen LogP) is 3.85. The number of nitriles is 1. The monoisotopic (exact) mass is 449 g/mol. The van der Waals surface area contributed by atoms with Crippen molar-refractivity contribution in [2.45, 2.75) is 20.0 Å². The maximum atomic E-state index is 11.5. The van der Waals surface area contributed by atoms with E-state index in [1.54, 1.807) is 24.7 Å². The van der Waals surface area contributed by atoms with Crippen LogP contribution in [-0.2, 0) is 23.1 Å². The summed E-state index contributed by atoms with van der Waals surface area (Å²) in [5.74, 6) is 0.730. The second-order valence-corrected chi connectivity index (χ2v) is 9.11. The maximum Gasteiger partial charge on any atom is 0.229 e. The molecule has 164 valence electrons. The second-order valence-electron chi connectivity index (χ2n) is 7.36.